The number of hydrogen-bond acceptors (Lipinski definition) is 3. The summed E-state index contributed by atoms with van der Waals surface area (Å²) in [6, 6.07) is 7.55. The maximum absolute atomic E-state index is 12.2. The first-order valence-corrected chi connectivity index (χ1v) is 7.34. The number of carbonyl (C=O) groups is 1. The average molecular weight is 276 g/mol. The molecular weight excluding hydrogens is 252 g/mol. The van der Waals surface area contributed by atoms with Gasteiger partial charge in [0.25, 0.3) is 0 Å². The largest absolute Gasteiger partial charge is 0.493 e. The van der Waals surface area contributed by atoms with Gasteiger partial charge in [-0.15, -0.1) is 0 Å². The molecule has 0 bridgehead atoms. The minimum absolute atomic E-state index is 0.177. The number of rotatable bonds is 7. The lowest BCUT2D eigenvalue weighted by molar-refractivity contribution is -0.133. The van der Waals surface area contributed by atoms with E-state index in [0.29, 0.717) is 18.7 Å². The third kappa shape index (κ3) is 4.44. The molecule has 0 saturated heterocycles. The normalized spacial score (nSPS) is 14.3. The molecule has 20 heavy (non-hydrogen) atoms. The van der Waals surface area contributed by atoms with Crippen LogP contribution in [0.5, 0.6) is 5.75 Å². The highest BCUT2D eigenvalue weighted by Gasteiger charge is 2.27. The van der Waals surface area contributed by atoms with Gasteiger partial charge in [0.2, 0.25) is 5.91 Å². The number of hydrogen-bond donors (Lipinski definition) is 1. The highest BCUT2D eigenvalue weighted by atomic mass is 16.5. The average Bonchev–Trinajstić information content (AvgIpc) is 3.19. The van der Waals surface area contributed by atoms with Gasteiger partial charge in [0.1, 0.15) is 5.75 Å². The molecule has 4 nitrogen and oxygen atoms in total. The summed E-state index contributed by atoms with van der Waals surface area (Å²) in [5.41, 5.74) is 6.36. The Morgan fingerprint density at radius 2 is 2.20 bits per heavy atom. The molecule has 2 N–H and O–H groups in total. The molecule has 0 spiro atoms. The smallest absolute Gasteiger partial charge is 0.226 e. The van der Waals surface area contributed by atoms with E-state index in [-0.39, 0.29) is 11.9 Å². The fraction of sp³-hybridized carbons (Fsp3) is 0.562. The van der Waals surface area contributed by atoms with Crippen molar-refractivity contribution in [2.45, 2.75) is 39.2 Å². The van der Waals surface area contributed by atoms with Gasteiger partial charge in [-0.25, -0.2) is 0 Å². The van der Waals surface area contributed by atoms with Crippen molar-refractivity contribution < 1.29 is 9.53 Å². The van der Waals surface area contributed by atoms with Crippen LogP contribution < -0.4 is 10.5 Å². The molecule has 0 aromatic heterocycles. The molecule has 1 saturated carbocycles. The first kappa shape index (κ1) is 14.7. The van der Waals surface area contributed by atoms with Crippen LogP contribution in [0.15, 0.2) is 24.3 Å². The molecule has 0 atom stereocenters. The molecule has 0 aliphatic heterocycles. The number of nitrogen functional groups attached to an aromatic ring is 1. The molecule has 1 aromatic carbocycles. The van der Waals surface area contributed by atoms with E-state index in [4.69, 9.17) is 10.5 Å². The van der Waals surface area contributed by atoms with E-state index in [1.54, 1.807) is 6.07 Å². The summed E-state index contributed by atoms with van der Waals surface area (Å²) in [6.07, 6.45) is 2.94. The van der Waals surface area contributed by atoms with Crippen LogP contribution in [0.1, 0.15) is 33.1 Å². The lowest BCUT2D eigenvalue weighted by atomic mass is 10.2. The number of nitrogens with zero attached hydrogens (tertiary/aromatic N) is 1. The number of ether oxygens (including phenoxy) is 1. The van der Waals surface area contributed by atoms with Crippen LogP contribution in [0.3, 0.4) is 0 Å². The molecule has 110 valence electrons. The van der Waals surface area contributed by atoms with E-state index in [1.807, 2.05) is 23.1 Å². The second-order valence-corrected chi connectivity index (χ2v) is 5.75. The fourth-order valence-corrected chi connectivity index (χ4v) is 2.18. The highest BCUT2D eigenvalue weighted by Crippen LogP contribution is 2.30. The Kier molecular flexibility index (Phi) is 4.88. The summed E-state index contributed by atoms with van der Waals surface area (Å²) in [4.78, 5) is 14.2. The Hall–Kier alpha value is -1.71. The van der Waals surface area contributed by atoms with Crippen LogP contribution >= 0.6 is 0 Å². The number of amides is 1. The van der Waals surface area contributed by atoms with E-state index < -0.39 is 0 Å². The van der Waals surface area contributed by atoms with Crippen LogP contribution in [0.2, 0.25) is 0 Å². The topological polar surface area (TPSA) is 55.6 Å². The molecule has 0 heterocycles. The quantitative estimate of drug-likeness (QED) is 0.779. The molecule has 0 radical (unpaired) electrons. The van der Waals surface area contributed by atoms with Crippen molar-refractivity contribution in [3.63, 3.8) is 0 Å². The number of anilines is 1. The number of carbonyl (C=O) groups excluding carboxylic acids is 1. The Balaban J connectivity index is 1.78. The van der Waals surface area contributed by atoms with Gasteiger partial charge >= 0.3 is 0 Å². The summed E-state index contributed by atoms with van der Waals surface area (Å²) < 4.78 is 5.58. The van der Waals surface area contributed by atoms with Gasteiger partial charge in [0, 0.05) is 24.3 Å². The molecule has 2 rings (SSSR count). The molecule has 1 aliphatic rings. The molecule has 1 aromatic rings. The first-order chi connectivity index (χ1) is 9.56. The lowest BCUT2D eigenvalue weighted by Gasteiger charge is -2.26. The van der Waals surface area contributed by atoms with E-state index in [0.717, 1.165) is 18.2 Å². The number of nitrogens with two attached hydrogens (primary N) is 1. The van der Waals surface area contributed by atoms with Crippen LogP contribution in [-0.4, -0.2) is 30.0 Å². The summed E-state index contributed by atoms with van der Waals surface area (Å²) in [7, 11) is 0. The van der Waals surface area contributed by atoms with E-state index in [1.165, 1.54) is 12.8 Å². The fourth-order valence-electron chi connectivity index (χ4n) is 2.18. The van der Waals surface area contributed by atoms with Gasteiger partial charge in [0.05, 0.1) is 13.0 Å². The van der Waals surface area contributed by atoms with Crippen LogP contribution in [0, 0.1) is 5.92 Å². The van der Waals surface area contributed by atoms with Gasteiger partial charge in [-0.2, -0.15) is 0 Å². The Morgan fingerprint density at radius 3 is 2.80 bits per heavy atom. The van der Waals surface area contributed by atoms with Gasteiger partial charge in [-0.1, -0.05) is 6.07 Å². The summed E-state index contributed by atoms with van der Waals surface area (Å²) in [5, 5.41) is 0. The van der Waals surface area contributed by atoms with Crippen molar-refractivity contribution in [1.82, 2.24) is 4.90 Å². The third-order valence-electron chi connectivity index (χ3n) is 3.54. The maximum atomic E-state index is 12.2. The predicted octanol–water partition coefficient (Wildman–Crippen LogP) is 2.68. The molecule has 1 aliphatic carbocycles. The zero-order valence-corrected chi connectivity index (χ0v) is 12.3. The Morgan fingerprint density at radius 1 is 1.45 bits per heavy atom. The minimum atomic E-state index is 0.177. The van der Waals surface area contributed by atoms with Crippen LogP contribution in [0.25, 0.3) is 0 Å². The van der Waals surface area contributed by atoms with Gasteiger partial charge in [-0.3, -0.25) is 4.79 Å². The van der Waals surface area contributed by atoms with Crippen molar-refractivity contribution in [3.05, 3.63) is 24.3 Å². The van der Waals surface area contributed by atoms with Crippen molar-refractivity contribution in [3.8, 4) is 5.75 Å². The summed E-state index contributed by atoms with van der Waals surface area (Å²) in [6.45, 7) is 5.43. The molecule has 4 heteroatoms. The van der Waals surface area contributed by atoms with Gasteiger partial charge in [0.15, 0.2) is 0 Å². The second kappa shape index (κ2) is 6.64. The van der Waals surface area contributed by atoms with Crippen LogP contribution in [0.4, 0.5) is 5.69 Å². The van der Waals surface area contributed by atoms with Gasteiger partial charge in [-0.05, 0) is 44.7 Å². The zero-order valence-electron chi connectivity index (χ0n) is 12.3. The van der Waals surface area contributed by atoms with Crippen LogP contribution in [-0.2, 0) is 4.79 Å². The van der Waals surface area contributed by atoms with E-state index in [2.05, 4.69) is 13.8 Å². The third-order valence-corrected chi connectivity index (χ3v) is 3.54. The number of benzene rings is 1. The zero-order chi connectivity index (χ0) is 14.5. The first-order valence-electron chi connectivity index (χ1n) is 7.34. The SMILES string of the molecule is CC(C)N(CC1CC1)C(=O)CCOc1cccc(N)c1. The Labute approximate surface area is 120 Å². The molecule has 1 amide bonds. The lowest BCUT2D eigenvalue weighted by Crippen LogP contribution is -2.39. The maximum Gasteiger partial charge on any atom is 0.226 e. The monoisotopic (exact) mass is 276 g/mol. The molecular formula is C16H24N2O2. The van der Waals surface area contributed by atoms with Crippen molar-refractivity contribution >= 4 is 11.6 Å². The predicted molar refractivity (Wildman–Crippen MR) is 80.5 cm³/mol. The van der Waals surface area contributed by atoms with E-state index >= 15 is 0 Å². The highest BCUT2D eigenvalue weighted by molar-refractivity contribution is 5.76. The van der Waals surface area contributed by atoms with Crippen molar-refractivity contribution in [2.24, 2.45) is 5.92 Å². The standard InChI is InChI=1S/C16H24N2O2/c1-12(2)18(11-13-6-7-13)16(19)8-9-20-15-5-3-4-14(17)10-15/h3-5,10,12-13H,6-9,11,17H2,1-2H3. The van der Waals surface area contributed by atoms with E-state index in [9.17, 15) is 4.79 Å². The summed E-state index contributed by atoms with van der Waals surface area (Å²) in [5.74, 6) is 1.61. The molecule has 1 fully saturated rings. The minimum Gasteiger partial charge on any atom is -0.493 e. The van der Waals surface area contributed by atoms with Crippen molar-refractivity contribution in [1.29, 1.82) is 0 Å². The molecule has 0 unspecified atom stereocenters. The Bertz CT molecular complexity index is 456. The summed E-state index contributed by atoms with van der Waals surface area (Å²) >= 11 is 0. The second-order valence-electron chi connectivity index (χ2n) is 5.75. The van der Waals surface area contributed by atoms with Crippen molar-refractivity contribution in [2.75, 3.05) is 18.9 Å². The van der Waals surface area contributed by atoms with Gasteiger partial charge < -0.3 is 15.4 Å².